The number of hydrogen-bond acceptors (Lipinski definition) is 3. The third kappa shape index (κ3) is 3.51. The van der Waals surface area contributed by atoms with Crippen molar-refractivity contribution in [2.75, 3.05) is 0 Å². The van der Waals surface area contributed by atoms with Gasteiger partial charge in [-0.3, -0.25) is 16.3 Å². The summed E-state index contributed by atoms with van der Waals surface area (Å²) in [6.07, 6.45) is 2.07. The van der Waals surface area contributed by atoms with E-state index in [0.29, 0.717) is 15.9 Å². The van der Waals surface area contributed by atoms with Crippen molar-refractivity contribution >= 4 is 27.5 Å². The van der Waals surface area contributed by atoms with Crippen LogP contribution in [0, 0.1) is 5.82 Å². The van der Waals surface area contributed by atoms with Gasteiger partial charge in [-0.1, -0.05) is 23.7 Å². The zero-order valence-corrected chi connectivity index (χ0v) is 12.2. The van der Waals surface area contributed by atoms with Crippen molar-refractivity contribution in [3.05, 3.63) is 63.1 Å². The minimum Gasteiger partial charge on any atom is -0.271 e. The Morgan fingerprint density at radius 3 is 2.79 bits per heavy atom. The Kier molecular flexibility index (Phi) is 4.87. The van der Waals surface area contributed by atoms with Gasteiger partial charge in [-0.2, -0.15) is 0 Å². The first kappa shape index (κ1) is 14.4. The van der Waals surface area contributed by atoms with E-state index in [2.05, 4.69) is 26.3 Å². The quantitative estimate of drug-likeness (QED) is 0.660. The van der Waals surface area contributed by atoms with Gasteiger partial charge in [-0.15, -0.1) is 0 Å². The van der Waals surface area contributed by atoms with Crippen LogP contribution in [0.25, 0.3) is 0 Å². The summed E-state index contributed by atoms with van der Waals surface area (Å²) in [6, 6.07) is 8.23. The molecule has 0 fully saturated rings. The second-order valence-corrected chi connectivity index (χ2v) is 5.27. The summed E-state index contributed by atoms with van der Waals surface area (Å²) in [6.45, 7) is 0. The molecule has 19 heavy (non-hydrogen) atoms. The molecular weight excluding hydrogens is 333 g/mol. The molecule has 0 radical (unpaired) electrons. The van der Waals surface area contributed by atoms with Crippen molar-refractivity contribution in [1.29, 1.82) is 0 Å². The summed E-state index contributed by atoms with van der Waals surface area (Å²) in [5.74, 6) is 5.25. The minimum absolute atomic E-state index is 0.213. The molecule has 1 heterocycles. The number of pyridine rings is 1. The molecule has 2 rings (SSSR count). The van der Waals surface area contributed by atoms with Crippen molar-refractivity contribution in [1.82, 2.24) is 10.4 Å². The SMILES string of the molecule is NNC(Cc1cccc(F)c1Br)c1ccc(Cl)cn1. The van der Waals surface area contributed by atoms with Gasteiger partial charge < -0.3 is 0 Å². The summed E-state index contributed by atoms with van der Waals surface area (Å²) in [4.78, 5) is 4.21. The van der Waals surface area contributed by atoms with Gasteiger partial charge in [-0.25, -0.2) is 4.39 Å². The number of nitrogens with one attached hydrogen (secondary N) is 1. The molecule has 0 aliphatic heterocycles. The molecule has 1 atom stereocenters. The van der Waals surface area contributed by atoms with Crippen LogP contribution in [-0.4, -0.2) is 4.98 Å². The van der Waals surface area contributed by atoms with Gasteiger partial charge in [0.1, 0.15) is 5.82 Å². The minimum atomic E-state index is -0.294. The maximum absolute atomic E-state index is 13.5. The van der Waals surface area contributed by atoms with Crippen molar-refractivity contribution in [3.8, 4) is 0 Å². The highest BCUT2D eigenvalue weighted by Gasteiger charge is 2.15. The smallest absolute Gasteiger partial charge is 0.137 e. The van der Waals surface area contributed by atoms with E-state index >= 15 is 0 Å². The topological polar surface area (TPSA) is 50.9 Å². The Bertz CT molecular complexity index is 562. The van der Waals surface area contributed by atoms with E-state index in [0.717, 1.165) is 11.3 Å². The lowest BCUT2D eigenvalue weighted by Crippen LogP contribution is -2.30. The van der Waals surface area contributed by atoms with Crippen LogP contribution in [0.5, 0.6) is 0 Å². The zero-order chi connectivity index (χ0) is 13.8. The predicted octanol–water partition coefficient (Wildman–Crippen LogP) is 3.38. The molecule has 2 aromatic rings. The van der Waals surface area contributed by atoms with Crippen LogP contribution in [0.3, 0.4) is 0 Å². The van der Waals surface area contributed by atoms with Crippen LogP contribution in [-0.2, 0) is 6.42 Å². The van der Waals surface area contributed by atoms with Gasteiger partial charge in [0.2, 0.25) is 0 Å². The average molecular weight is 345 g/mol. The number of nitrogens with two attached hydrogens (primary N) is 1. The lowest BCUT2D eigenvalue weighted by molar-refractivity contribution is 0.534. The van der Waals surface area contributed by atoms with Gasteiger partial charge >= 0.3 is 0 Å². The number of nitrogens with zero attached hydrogens (tertiary/aromatic N) is 1. The van der Waals surface area contributed by atoms with Gasteiger partial charge in [0.15, 0.2) is 0 Å². The van der Waals surface area contributed by atoms with Gasteiger partial charge in [0.25, 0.3) is 0 Å². The van der Waals surface area contributed by atoms with Gasteiger partial charge in [-0.05, 0) is 46.1 Å². The van der Waals surface area contributed by atoms with Gasteiger partial charge in [0, 0.05) is 6.20 Å². The van der Waals surface area contributed by atoms with E-state index in [9.17, 15) is 4.39 Å². The molecule has 0 aliphatic carbocycles. The molecular formula is C13H12BrClFN3. The lowest BCUT2D eigenvalue weighted by Gasteiger charge is -2.16. The Morgan fingerprint density at radius 2 is 2.16 bits per heavy atom. The molecule has 0 saturated carbocycles. The average Bonchev–Trinajstić information content (AvgIpc) is 2.42. The maximum atomic E-state index is 13.5. The third-order valence-corrected chi connectivity index (χ3v) is 3.88. The second-order valence-electron chi connectivity index (χ2n) is 4.04. The Hall–Kier alpha value is -1.01. The number of benzene rings is 1. The highest BCUT2D eigenvalue weighted by molar-refractivity contribution is 9.10. The first-order valence-corrected chi connectivity index (χ1v) is 6.79. The molecule has 6 heteroatoms. The summed E-state index contributed by atoms with van der Waals surface area (Å²) in [5.41, 5.74) is 4.26. The fourth-order valence-corrected chi connectivity index (χ4v) is 2.31. The van der Waals surface area contributed by atoms with Crippen molar-refractivity contribution in [2.45, 2.75) is 12.5 Å². The molecule has 3 N–H and O–H groups in total. The fraction of sp³-hybridized carbons (Fsp3) is 0.154. The van der Waals surface area contributed by atoms with Crippen LogP contribution < -0.4 is 11.3 Å². The second kappa shape index (κ2) is 6.43. The standard InChI is InChI=1S/C13H12BrClFN3/c14-13-8(2-1-3-10(13)16)6-12(19-17)11-5-4-9(15)7-18-11/h1-5,7,12,19H,6,17H2. The highest BCUT2D eigenvalue weighted by atomic mass is 79.9. The summed E-state index contributed by atoms with van der Waals surface area (Å²) in [5, 5.41) is 0.562. The van der Waals surface area contributed by atoms with Crippen LogP contribution in [0.1, 0.15) is 17.3 Å². The molecule has 0 bridgehead atoms. The number of hydrazine groups is 1. The van der Waals surface area contributed by atoms with E-state index in [1.165, 1.54) is 6.07 Å². The van der Waals surface area contributed by atoms with Crippen LogP contribution in [0.15, 0.2) is 41.0 Å². The first-order chi connectivity index (χ1) is 9.11. The zero-order valence-electron chi connectivity index (χ0n) is 9.91. The molecule has 100 valence electrons. The molecule has 0 aliphatic rings. The van der Waals surface area contributed by atoms with Crippen LogP contribution in [0.2, 0.25) is 5.02 Å². The molecule has 3 nitrogen and oxygen atoms in total. The Balaban J connectivity index is 2.24. The molecule has 0 amide bonds. The highest BCUT2D eigenvalue weighted by Crippen LogP contribution is 2.25. The maximum Gasteiger partial charge on any atom is 0.137 e. The number of aromatic nitrogens is 1. The van der Waals surface area contributed by atoms with E-state index in [1.807, 2.05) is 6.07 Å². The number of hydrogen-bond donors (Lipinski definition) is 2. The molecule has 1 unspecified atom stereocenters. The van der Waals surface area contributed by atoms with Crippen molar-refractivity contribution in [3.63, 3.8) is 0 Å². The lowest BCUT2D eigenvalue weighted by atomic mass is 10.0. The van der Waals surface area contributed by atoms with Crippen molar-refractivity contribution < 1.29 is 4.39 Å². The third-order valence-electron chi connectivity index (χ3n) is 2.76. The first-order valence-electron chi connectivity index (χ1n) is 5.62. The van der Waals surface area contributed by atoms with Gasteiger partial charge in [0.05, 0.1) is 21.2 Å². The summed E-state index contributed by atoms with van der Waals surface area (Å²) < 4.78 is 13.9. The number of halogens is 3. The van der Waals surface area contributed by atoms with E-state index in [-0.39, 0.29) is 11.9 Å². The van der Waals surface area contributed by atoms with E-state index in [4.69, 9.17) is 17.4 Å². The molecule has 1 aromatic heterocycles. The Labute approximate surface area is 124 Å². The fourth-order valence-electron chi connectivity index (χ4n) is 1.77. The summed E-state index contributed by atoms with van der Waals surface area (Å²) >= 11 is 9.03. The predicted molar refractivity (Wildman–Crippen MR) is 77.1 cm³/mol. The normalized spacial score (nSPS) is 12.4. The number of rotatable bonds is 4. The van der Waals surface area contributed by atoms with Crippen molar-refractivity contribution in [2.24, 2.45) is 5.84 Å². The van der Waals surface area contributed by atoms with E-state index < -0.39 is 0 Å². The van der Waals surface area contributed by atoms with Crippen LogP contribution in [0.4, 0.5) is 4.39 Å². The summed E-state index contributed by atoms with van der Waals surface area (Å²) in [7, 11) is 0. The monoisotopic (exact) mass is 343 g/mol. The molecule has 0 spiro atoms. The van der Waals surface area contributed by atoms with E-state index in [1.54, 1.807) is 24.4 Å². The molecule has 0 saturated heterocycles. The largest absolute Gasteiger partial charge is 0.271 e. The van der Waals surface area contributed by atoms with Crippen LogP contribution >= 0.6 is 27.5 Å². The Morgan fingerprint density at radius 1 is 1.37 bits per heavy atom. The molecule has 1 aromatic carbocycles.